The molecule has 0 fully saturated rings. The van der Waals surface area contributed by atoms with E-state index in [9.17, 15) is 26.4 Å². The lowest BCUT2D eigenvalue weighted by Crippen LogP contribution is -2.17. The van der Waals surface area contributed by atoms with Crippen LogP contribution in [-0.2, 0) is 14.8 Å². The molecule has 2 N–H and O–H groups in total. The number of unbranched alkanes of at least 4 members (excludes halogenated alkanes) is 2. The summed E-state index contributed by atoms with van der Waals surface area (Å²) in [7, 11) is -3.21. The molecule has 1 aromatic heterocycles. The molecule has 0 aliphatic rings. The maximum Gasteiger partial charge on any atom is 0.303 e. The molecule has 0 aliphatic heterocycles. The van der Waals surface area contributed by atoms with Gasteiger partial charge in [-0.25, -0.2) is 26.6 Å². The second kappa shape index (κ2) is 13.3. The van der Waals surface area contributed by atoms with Crippen molar-refractivity contribution in [1.29, 1.82) is 0 Å². The number of fused-ring (bicyclic) bond motifs is 1. The Bertz CT molecular complexity index is 1950. The van der Waals surface area contributed by atoms with Crippen molar-refractivity contribution in [3.05, 3.63) is 96.3 Å². The summed E-state index contributed by atoms with van der Waals surface area (Å²) >= 11 is 0. The monoisotopic (exact) mass is 639 g/mol. The molecule has 5 aromatic rings. The summed E-state index contributed by atoms with van der Waals surface area (Å²) in [5.41, 5.74) is 2.25. The van der Waals surface area contributed by atoms with E-state index in [2.05, 4.69) is 4.72 Å². The fourth-order valence-corrected chi connectivity index (χ4v) is 5.86. The maximum absolute atomic E-state index is 14.5. The van der Waals surface area contributed by atoms with Crippen LogP contribution in [0.4, 0.5) is 18.9 Å². The Morgan fingerprint density at radius 1 is 0.933 bits per heavy atom. The van der Waals surface area contributed by atoms with Gasteiger partial charge in [-0.05, 0) is 61.7 Å². The molecular weight excluding hydrogens is 611 g/mol. The molecule has 4 aromatic carbocycles. The molecule has 45 heavy (non-hydrogen) atoms. The molecule has 0 bridgehead atoms. The first-order valence-corrected chi connectivity index (χ1v) is 15.3. The number of methoxy groups -OCH3 is 1. The Balaban J connectivity index is 1.62. The Morgan fingerprint density at radius 3 is 2.36 bits per heavy atom. The number of carboxylic acids is 1. The molecule has 13 heteroatoms. The normalized spacial score (nSPS) is 11.5. The van der Waals surface area contributed by atoms with Gasteiger partial charge in [0.05, 0.1) is 30.4 Å². The highest BCUT2D eigenvalue weighted by Crippen LogP contribution is 2.37. The summed E-state index contributed by atoms with van der Waals surface area (Å²) in [6, 6.07) is 20.7. The molecule has 0 atom stereocenters. The van der Waals surface area contributed by atoms with Crippen molar-refractivity contribution < 1.29 is 41.0 Å². The van der Waals surface area contributed by atoms with E-state index in [0.29, 0.717) is 59.7 Å². The van der Waals surface area contributed by atoms with Gasteiger partial charge in [-0.1, -0.05) is 30.3 Å². The average Bonchev–Trinajstić information content (AvgIpc) is 3.39. The van der Waals surface area contributed by atoms with Crippen molar-refractivity contribution >= 4 is 32.7 Å². The first kappa shape index (κ1) is 31.4. The number of carbonyl (C=O) groups is 1. The van der Waals surface area contributed by atoms with Gasteiger partial charge in [-0.3, -0.25) is 14.1 Å². The summed E-state index contributed by atoms with van der Waals surface area (Å²) in [4.78, 5) is 14.5. The highest BCUT2D eigenvalue weighted by molar-refractivity contribution is 7.92. The summed E-state index contributed by atoms with van der Waals surface area (Å²) in [5, 5.41) is 8.89. The topological polar surface area (TPSA) is 120 Å². The number of carboxylic acid groups (broad SMARTS) is 1. The molecule has 0 aliphatic carbocycles. The summed E-state index contributed by atoms with van der Waals surface area (Å²) in [6.07, 6.45) is 1.43. The number of nitrogens with zero attached hydrogens (tertiary/aromatic N) is 2. The number of halogens is 3. The van der Waals surface area contributed by atoms with Crippen molar-refractivity contribution in [3.63, 3.8) is 0 Å². The van der Waals surface area contributed by atoms with Crippen LogP contribution in [0.5, 0.6) is 11.5 Å². The number of nitrogens with one attached hydrogen (secondary N) is 1. The van der Waals surface area contributed by atoms with E-state index < -0.39 is 38.3 Å². The Labute approximate surface area is 256 Å². The van der Waals surface area contributed by atoms with Gasteiger partial charge in [0.1, 0.15) is 22.2 Å². The van der Waals surface area contributed by atoms with E-state index >= 15 is 0 Å². The zero-order valence-corrected chi connectivity index (χ0v) is 24.8. The predicted octanol–water partition coefficient (Wildman–Crippen LogP) is 6.94. The lowest BCUT2D eigenvalue weighted by molar-refractivity contribution is -0.137. The number of anilines is 1. The summed E-state index contributed by atoms with van der Waals surface area (Å²) < 4.78 is 83.9. The van der Waals surface area contributed by atoms with Crippen molar-refractivity contribution in [1.82, 2.24) is 9.55 Å². The lowest BCUT2D eigenvalue weighted by Gasteiger charge is -2.16. The van der Waals surface area contributed by atoms with Crippen LogP contribution in [-0.4, -0.2) is 42.8 Å². The number of benzene rings is 4. The van der Waals surface area contributed by atoms with Gasteiger partial charge in [0, 0.05) is 23.7 Å². The molecule has 0 radical (unpaired) electrons. The minimum Gasteiger partial charge on any atom is -0.497 e. The second-order valence-electron chi connectivity index (χ2n) is 10.0. The summed E-state index contributed by atoms with van der Waals surface area (Å²) in [5.74, 6) is -5.00. The van der Waals surface area contributed by atoms with Crippen LogP contribution in [0.1, 0.15) is 25.7 Å². The number of aliphatic carboxylic acids is 1. The number of aromatic nitrogens is 2. The predicted molar refractivity (Wildman–Crippen MR) is 162 cm³/mol. The van der Waals surface area contributed by atoms with E-state index in [-0.39, 0.29) is 24.5 Å². The van der Waals surface area contributed by atoms with Crippen molar-refractivity contribution in [2.45, 2.75) is 30.6 Å². The molecule has 0 unspecified atom stereocenters. The molecule has 1 heterocycles. The Kier molecular flexibility index (Phi) is 9.28. The van der Waals surface area contributed by atoms with E-state index in [0.717, 1.165) is 5.56 Å². The van der Waals surface area contributed by atoms with Gasteiger partial charge in [0.25, 0.3) is 10.0 Å². The highest BCUT2D eigenvalue weighted by Gasteiger charge is 2.26. The molecule has 5 rings (SSSR count). The minimum atomic E-state index is -4.76. The lowest BCUT2D eigenvalue weighted by atomic mass is 10.2. The van der Waals surface area contributed by atoms with E-state index in [1.54, 1.807) is 25.3 Å². The number of ether oxygens (including phenoxy) is 2. The van der Waals surface area contributed by atoms with Gasteiger partial charge in [0.15, 0.2) is 17.5 Å². The second-order valence-corrected chi connectivity index (χ2v) is 11.7. The fourth-order valence-electron chi connectivity index (χ4n) is 4.73. The van der Waals surface area contributed by atoms with Crippen molar-refractivity contribution in [3.8, 4) is 28.6 Å². The Morgan fingerprint density at radius 2 is 1.67 bits per heavy atom. The third-order valence-corrected chi connectivity index (χ3v) is 8.33. The molecule has 0 saturated carbocycles. The number of hydrogen-bond acceptors (Lipinski definition) is 6. The first-order chi connectivity index (χ1) is 21.6. The zero-order valence-electron chi connectivity index (χ0n) is 24.0. The van der Waals surface area contributed by atoms with Crippen LogP contribution in [0.3, 0.4) is 0 Å². The van der Waals surface area contributed by atoms with Gasteiger partial charge >= 0.3 is 5.97 Å². The van der Waals surface area contributed by atoms with Crippen LogP contribution < -0.4 is 14.2 Å². The number of imidazole rings is 1. The quantitative estimate of drug-likeness (QED) is 0.106. The fraction of sp³-hybridized carbons (Fsp3) is 0.188. The summed E-state index contributed by atoms with van der Waals surface area (Å²) in [6.45, 7) is 0.0988. The number of sulfonamides is 1. The van der Waals surface area contributed by atoms with Gasteiger partial charge in [0.2, 0.25) is 0 Å². The van der Waals surface area contributed by atoms with Crippen LogP contribution in [0.25, 0.3) is 28.1 Å². The number of hydrogen-bond donors (Lipinski definition) is 2. The molecule has 9 nitrogen and oxygen atoms in total. The maximum atomic E-state index is 14.5. The average molecular weight is 640 g/mol. The van der Waals surface area contributed by atoms with Gasteiger partial charge in [-0.15, -0.1) is 0 Å². The van der Waals surface area contributed by atoms with Crippen LogP contribution in [0, 0.1) is 17.5 Å². The standard InChI is InChI=1S/C32H28F3N3O6S/c1-43-22-13-11-21(12-14-22)38-26-19-27(44-17-7-3-6-10-29(39)40)25(18-24(26)36-32(38)20-8-4-2-5-9-20)37-45(41,42)28-16-15-23(33)30(34)31(28)35/h2,4-5,8-9,11-16,18-19,37H,3,6-7,10,17H2,1H3,(H,39,40). The van der Waals surface area contributed by atoms with Gasteiger partial charge in [-0.2, -0.15) is 0 Å². The van der Waals surface area contributed by atoms with E-state index in [1.807, 2.05) is 47.0 Å². The minimum absolute atomic E-state index is 0.000110. The zero-order chi connectivity index (χ0) is 32.1. The molecule has 0 saturated heterocycles. The van der Waals surface area contributed by atoms with Crippen LogP contribution in [0.2, 0.25) is 0 Å². The van der Waals surface area contributed by atoms with Crippen LogP contribution >= 0.6 is 0 Å². The largest absolute Gasteiger partial charge is 0.497 e. The third-order valence-electron chi connectivity index (χ3n) is 6.94. The number of rotatable bonds is 13. The third kappa shape index (κ3) is 6.88. The van der Waals surface area contributed by atoms with Crippen molar-refractivity contribution in [2.75, 3.05) is 18.4 Å². The molecular formula is C32H28F3N3O6S. The van der Waals surface area contributed by atoms with Crippen LogP contribution in [0.15, 0.2) is 83.8 Å². The van der Waals surface area contributed by atoms with E-state index in [1.165, 1.54) is 6.07 Å². The molecule has 0 spiro atoms. The molecule has 0 amide bonds. The molecule has 234 valence electrons. The van der Waals surface area contributed by atoms with E-state index in [4.69, 9.17) is 19.6 Å². The Hall–Kier alpha value is -5.04. The van der Waals surface area contributed by atoms with Crippen molar-refractivity contribution in [2.24, 2.45) is 0 Å². The van der Waals surface area contributed by atoms with Gasteiger partial charge < -0.3 is 14.6 Å². The smallest absolute Gasteiger partial charge is 0.303 e. The SMILES string of the molecule is COc1ccc(-n2c(-c3ccccc3)nc3cc(NS(=O)(=O)c4ccc(F)c(F)c4F)c(OCCCCCC(=O)O)cc32)cc1. The highest BCUT2D eigenvalue weighted by atomic mass is 32.2. The first-order valence-electron chi connectivity index (χ1n) is 13.9.